The molecule has 0 aliphatic carbocycles. The number of carboxylic acids is 1. The van der Waals surface area contributed by atoms with Crippen molar-refractivity contribution in [2.75, 3.05) is 0 Å². The summed E-state index contributed by atoms with van der Waals surface area (Å²) in [6.07, 6.45) is -0.864. The predicted molar refractivity (Wildman–Crippen MR) is 89.0 cm³/mol. The molecule has 0 fully saturated rings. The van der Waals surface area contributed by atoms with Gasteiger partial charge < -0.3 is 10.2 Å². The molecule has 5 nitrogen and oxygen atoms in total. The van der Waals surface area contributed by atoms with Crippen molar-refractivity contribution >= 4 is 15.8 Å². The lowest BCUT2D eigenvalue weighted by Crippen LogP contribution is -2.24. The largest absolute Gasteiger partial charge is 0.481 e. The highest BCUT2D eigenvalue weighted by Gasteiger charge is 2.27. The van der Waals surface area contributed by atoms with E-state index in [9.17, 15) is 18.3 Å². The first kappa shape index (κ1) is 17.7. The van der Waals surface area contributed by atoms with Crippen LogP contribution in [0.4, 0.5) is 0 Å². The van der Waals surface area contributed by atoms with E-state index in [1.54, 1.807) is 0 Å². The molecule has 0 spiro atoms. The molecule has 2 N–H and O–H groups in total. The first-order chi connectivity index (χ1) is 11.3. The number of rotatable bonds is 4. The molecule has 0 saturated heterocycles. The summed E-state index contributed by atoms with van der Waals surface area (Å²) < 4.78 is 24.1. The summed E-state index contributed by atoms with van der Waals surface area (Å²) >= 11 is 0. The van der Waals surface area contributed by atoms with Gasteiger partial charge in [0.2, 0.25) is 9.84 Å². The molecular weight excluding hydrogens is 328 g/mol. The number of aliphatic hydroxyl groups is 1. The summed E-state index contributed by atoms with van der Waals surface area (Å²) in [5.41, 5.74) is 0.617. The number of benzene rings is 2. The molecule has 2 aromatic carbocycles. The first-order valence-corrected chi connectivity index (χ1v) is 8.66. The zero-order valence-corrected chi connectivity index (χ0v) is 13.7. The minimum absolute atomic E-state index is 0.142. The molecule has 124 valence electrons. The van der Waals surface area contributed by atoms with Crippen LogP contribution in [-0.4, -0.2) is 30.0 Å². The van der Waals surface area contributed by atoms with E-state index in [1.165, 1.54) is 24.3 Å². The molecule has 0 aliphatic heterocycles. The summed E-state index contributed by atoms with van der Waals surface area (Å²) in [5.74, 6) is 4.51. The van der Waals surface area contributed by atoms with Crippen molar-refractivity contribution in [2.24, 2.45) is 0 Å². The molecule has 0 saturated carbocycles. The Kier molecular flexibility index (Phi) is 5.39. The highest BCUT2D eigenvalue weighted by Crippen LogP contribution is 2.17. The Hall–Kier alpha value is -2.62. The predicted octanol–water partition coefficient (Wildman–Crippen LogP) is 1.96. The fourth-order valence-electron chi connectivity index (χ4n) is 1.93. The fourth-order valence-corrected chi connectivity index (χ4v) is 3.12. The lowest BCUT2D eigenvalue weighted by Gasteiger charge is -2.09. The maximum Gasteiger partial charge on any atom is 0.307 e. The smallest absolute Gasteiger partial charge is 0.307 e. The molecule has 0 radical (unpaired) electrons. The quantitative estimate of drug-likeness (QED) is 0.827. The number of aliphatic carboxylic acids is 1. The topological polar surface area (TPSA) is 91.7 Å². The monoisotopic (exact) mass is 344 g/mol. The average molecular weight is 344 g/mol. The molecule has 0 aliphatic rings. The fraction of sp³-hybridized carbons (Fsp3) is 0.167. The normalized spacial score (nSPS) is 12.1. The van der Waals surface area contributed by atoms with E-state index in [0.717, 1.165) is 11.1 Å². The van der Waals surface area contributed by atoms with Gasteiger partial charge in [0.05, 0.1) is 11.3 Å². The minimum atomic E-state index is -4.10. The number of aryl methyl sites for hydroxylation is 1. The third-order valence-corrected chi connectivity index (χ3v) is 5.11. The number of hydrogen-bond donors (Lipinski definition) is 2. The van der Waals surface area contributed by atoms with Gasteiger partial charge in [0.1, 0.15) is 0 Å². The Balaban J connectivity index is 2.19. The lowest BCUT2D eigenvalue weighted by molar-refractivity contribution is -0.138. The van der Waals surface area contributed by atoms with Gasteiger partial charge in [-0.25, -0.2) is 8.42 Å². The number of hydrogen-bond acceptors (Lipinski definition) is 4. The molecule has 6 heteroatoms. The van der Waals surface area contributed by atoms with Crippen molar-refractivity contribution in [3.8, 4) is 11.8 Å². The zero-order chi connectivity index (χ0) is 17.7. The van der Waals surface area contributed by atoms with Crippen LogP contribution in [0.1, 0.15) is 23.1 Å². The number of sulfone groups is 1. The number of carboxylic acid groups (broad SMARTS) is 1. The Morgan fingerprint density at radius 3 is 1.92 bits per heavy atom. The molecule has 0 amide bonds. The molecule has 24 heavy (non-hydrogen) atoms. The van der Waals surface area contributed by atoms with Crippen molar-refractivity contribution in [1.82, 2.24) is 0 Å². The van der Waals surface area contributed by atoms with E-state index in [1.807, 2.05) is 31.2 Å². The van der Waals surface area contributed by atoms with Gasteiger partial charge in [-0.2, -0.15) is 0 Å². The molecule has 2 rings (SSSR count). The average Bonchev–Trinajstić information content (AvgIpc) is 2.54. The van der Waals surface area contributed by atoms with E-state index < -0.39 is 27.7 Å². The Morgan fingerprint density at radius 1 is 1.00 bits per heavy atom. The molecule has 1 unspecified atom stereocenters. The van der Waals surface area contributed by atoms with Crippen LogP contribution in [0, 0.1) is 18.8 Å². The van der Waals surface area contributed by atoms with Crippen molar-refractivity contribution in [3.63, 3.8) is 0 Å². The van der Waals surface area contributed by atoms with Gasteiger partial charge in [0, 0.05) is 11.1 Å². The van der Waals surface area contributed by atoms with Crippen molar-refractivity contribution in [3.05, 3.63) is 65.2 Å². The van der Waals surface area contributed by atoms with Crippen molar-refractivity contribution in [2.45, 2.75) is 23.7 Å². The van der Waals surface area contributed by atoms with Crippen LogP contribution in [0.3, 0.4) is 0 Å². The van der Waals surface area contributed by atoms with Gasteiger partial charge in [-0.3, -0.25) is 4.79 Å². The Bertz CT molecular complexity index is 885. The standard InChI is InChI=1S/C18H16O5S/c1-13-2-4-14(5-3-13)6-7-15-8-10-16(11-9-15)24(22,23)18(21)12-17(19)20/h2-5,8-11,18,21H,12H2,1H3,(H,19,20). The minimum Gasteiger partial charge on any atom is -0.481 e. The van der Waals surface area contributed by atoms with Crippen molar-refractivity contribution in [1.29, 1.82) is 0 Å². The zero-order valence-electron chi connectivity index (χ0n) is 12.9. The van der Waals surface area contributed by atoms with E-state index in [2.05, 4.69) is 11.8 Å². The SMILES string of the molecule is Cc1ccc(C#Cc2ccc(S(=O)(=O)C(O)CC(=O)O)cc2)cc1. The summed E-state index contributed by atoms with van der Waals surface area (Å²) in [5, 5.41) is 18.1. The number of carbonyl (C=O) groups is 1. The molecule has 1 atom stereocenters. The maximum absolute atomic E-state index is 12.0. The van der Waals surface area contributed by atoms with E-state index in [4.69, 9.17) is 5.11 Å². The first-order valence-electron chi connectivity index (χ1n) is 7.11. The maximum atomic E-state index is 12.0. The molecule has 0 aromatic heterocycles. The Morgan fingerprint density at radius 2 is 1.46 bits per heavy atom. The van der Waals surface area contributed by atoms with E-state index in [0.29, 0.717) is 5.56 Å². The Labute approximate surface area is 140 Å². The van der Waals surface area contributed by atoms with E-state index in [-0.39, 0.29) is 4.90 Å². The summed E-state index contributed by atoms with van der Waals surface area (Å²) in [6.45, 7) is 1.98. The highest BCUT2D eigenvalue weighted by atomic mass is 32.2. The van der Waals surface area contributed by atoms with Crippen LogP contribution in [0.5, 0.6) is 0 Å². The van der Waals surface area contributed by atoms with Gasteiger partial charge in [0.25, 0.3) is 0 Å². The van der Waals surface area contributed by atoms with E-state index >= 15 is 0 Å². The van der Waals surface area contributed by atoms with Gasteiger partial charge in [0.15, 0.2) is 5.44 Å². The second-order valence-corrected chi connectivity index (χ2v) is 7.34. The van der Waals surface area contributed by atoms with Crippen LogP contribution in [0.2, 0.25) is 0 Å². The van der Waals surface area contributed by atoms with Crippen LogP contribution >= 0.6 is 0 Å². The highest BCUT2D eigenvalue weighted by molar-refractivity contribution is 7.91. The van der Waals surface area contributed by atoms with Gasteiger partial charge in [-0.15, -0.1) is 0 Å². The third-order valence-electron chi connectivity index (χ3n) is 3.29. The van der Waals surface area contributed by atoms with Crippen molar-refractivity contribution < 1.29 is 23.4 Å². The second kappa shape index (κ2) is 7.30. The summed E-state index contributed by atoms with van der Waals surface area (Å²) in [6, 6.07) is 13.3. The lowest BCUT2D eigenvalue weighted by atomic mass is 10.1. The van der Waals surface area contributed by atoms with Crippen LogP contribution < -0.4 is 0 Å². The second-order valence-electron chi connectivity index (χ2n) is 5.24. The number of aliphatic hydroxyl groups excluding tert-OH is 1. The molecular formula is C18H16O5S. The summed E-state index contributed by atoms with van der Waals surface area (Å²) in [7, 11) is -4.10. The summed E-state index contributed by atoms with van der Waals surface area (Å²) in [4.78, 5) is 10.4. The van der Waals surface area contributed by atoms with Gasteiger partial charge in [-0.1, -0.05) is 29.5 Å². The van der Waals surface area contributed by atoms with Gasteiger partial charge in [-0.05, 0) is 43.3 Å². The van der Waals surface area contributed by atoms with Crippen LogP contribution in [-0.2, 0) is 14.6 Å². The van der Waals surface area contributed by atoms with Crippen LogP contribution in [0.15, 0.2) is 53.4 Å². The van der Waals surface area contributed by atoms with Gasteiger partial charge >= 0.3 is 5.97 Å². The third kappa shape index (κ3) is 4.44. The molecule has 2 aromatic rings. The molecule has 0 heterocycles. The molecule has 0 bridgehead atoms. The van der Waals surface area contributed by atoms with Crippen LogP contribution in [0.25, 0.3) is 0 Å².